The van der Waals surface area contributed by atoms with Crippen LogP contribution in [0.5, 0.6) is 0 Å². The van der Waals surface area contributed by atoms with Crippen LogP contribution in [0, 0.1) is 0 Å². The van der Waals surface area contributed by atoms with Crippen molar-refractivity contribution in [1.82, 2.24) is 4.42 Å². The minimum atomic E-state index is -0.208. The number of aliphatic hydroxyl groups excluding tert-OH is 2. The van der Waals surface area contributed by atoms with Crippen molar-refractivity contribution >= 4 is 17.6 Å². The summed E-state index contributed by atoms with van der Waals surface area (Å²) in [6.07, 6.45) is 1.11. The van der Waals surface area contributed by atoms with Gasteiger partial charge in [-0.2, -0.15) is 0 Å². The van der Waals surface area contributed by atoms with Crippen molar-refractivity contribution in [1.29, 1.82) is 0 Å². The Bertz CT molecular complexity index is 219. The molecule has 16 heavy (non-hydrogen) atoms. The van der Waals surface area contributed by atoms with Crippen molar-refractivity contribution in [2.45, 2.75) is 51.6 Å². The molecule has 1 aliphatic rings. The van der Waals surface area contributed by atoms with E-state index in [1.54, 1.807) is 4.42 Å². The molecule has 0 saturated carbocycles. The Labute approximate surface area is 102 Å². The fourth-order valence-electron chi connectivity index (χ4n) is 1.99. The second-order valence-corrected chi connectivity index (χ2v) is 5.58. The highest BCUT2D eigenvalue weighted by Crippen LogP contribution is 2.37. The molecule has 0 aliphatic carbocycles. The van der Waals surface area contributed by atoms with Crippen LogP contribution in [-0.4, -0.2) is 44.7 Å². The molecule has 0 aromatic rings. The molecule has 0 unspecified atom stereocenters. The molecule has 1 heterocycles. The summed E-state index contributed by atoms with van der Waals surface area (Å²) < 4.78 is 1.78. The summed E-state index contributed by atoms with van der Waals surface area (Å²) in [5.74, 6) is 0.307. The molecular formula is C11H22ClNO3. The van der Waals surface area contributed by atoms with Crippen molar-refractivity contribution in [3.63, 3.8) is 0 Å². The van der Waals surface area contributed by atoms with E-state index in [2.05, 4.69) is 0 Å². The summed E-state index contributed by atoms with van der Waals surface area (Å²) in [7, 11) is 0. The summed E-state index contributed by atoms with van der Waals surface area (Å²) in [5.41, 5.74) is -0.416. The van der Waals surface area contributed by atoms with Gasteiger partial charge < -0.3 is 10.2 Å². The lowest BCUT2D eigenvalue weighted by Crippen LogP contribution is -2.56. The topological polar surface area (TPSA) is 60.8 Å². The molecule has 0 spiro atoms. The quantitative estimate of drug-likeness (QED) is 0.691. The second-order valence-electron chi connectivity index (χ2n) is 5.25. The summed E-state index contributed by atoms with van der Waals surface area (Å²) in [4.78, 5) is 11.4. The predicted octanol–water partition coefficient (Wildman–Crippen LogP) is 1.33. The van der Waals surface area contributed by atoms with Crippen LogP contribution in [0.2, 0.25) is 0 Å². The van der Waals surface area contributed by atoms with E-state index in [0.29, 0.717) is 18.6 Å². The van der Waals surface area contributed by atoms with Gasteiger partial charge in [0.05, 0.1) is 13.2 Å². The lowest BCUT2D eigenvalue weighted by atomic mass is 9.82. The number of piperidine rings is 1. The van der Waals surface area contributed by atoms with Gasteiger partial charge in [0.1, 0.15) is 5.78 Å². The van der Waals surface area contributed by atoms with Crippen molar-refractivity contribution in [2.75, 3.05) is 13.2 Å². The number of hydrogen-bond donors (Lipinski definition) is 2. The van der Waals surface area contributed by atoms with Gasteiger partial charge in [0.2, 0.25) is 0 Å². The van der Waals surface area contributed by atoms with Crippen LogP contribution in [0.25, 0.3) is 0 Å². The average molecular weight is 252 g/mol. The highest BCUT2D eigenvalue weighted by Gasteiger charge is 2.44. The van der Waals surface area contributed by atoms with Crippen LogP contribution in [-0.2, 0) is 4.79 Å². The van der Waals surface area contributed by atoms with E-state index in [1.807, 2.05) is 27.7 Å². The molecule has 96 valence electrons. The Morgan fingerprint density at radius 3 is 1.69 bits per heavy atom. The number of ketones is 1. The lowest BCUT2D eigenvalue weighted by Gasteiger charge is -2.47. The van der Waals surface area contributed by atoms with Gasteiger partial charge in [-0.05, 0) is 39.5 Å². The van der Waals surface area contributed by atoms with Gasteiger partial charge in [0.25, 0.3) is 0 Å². The predicted molar refractivity (Wildman–Crippen MR) is 64.3 cm³/mol. The average Bonchev–Trinajstić information content (AvgIpc) is 2.13. The minimum Gasteiger partial charge on any atom is -0.394 e. The minimum absolute atomic E-state index is 0.125. The number of halogens is 1. The Kier molecular flexibility index (Phi) is 5.90. The molecular weight excluding hydrogens is 230 g/mol. The highest BCUT2D eigenvalue weighted by atomic mass is 35.5. The first-order valence-corrected chi connectivity index (χ1v) is 5.71. The van der Waals surface area contributed by atoms with Crippen LogP contribution in [0.1, 0.15) is 40.5 Å². The molecule has 0 bridgehead atoms. The van der Waals surface area contributed by atoms with Crippen molar-refractivity contribution in [3.8, 4) is 0 Å². The number of hydrogen-bond acceptors (Lipinski definition) is 4. The summed E-state index contributed by atoms with van der Waals surface area (Å²) in [6, 6.07) is 0. The van der Waals surface area contributed by atoms with Gasteiger partial charge in [-0.1, -0.05) is 0 Å². The number of carbonyl (C=O) groups is 1. The molecule has 5 heteroatoms. The lowest BCUT2D eigenvalue weighted by molar-refractivity contribution is -0.128. The van der Waals surface area contributed by atoms with Gasteiger partial charge >= 0.3 is 0 Å². The van der Waals surface area contributed by atoms with E-state index in [4.69, 9.17) is 22.0 Å². The summed E-state index contributed by atoms with van der Waals surface area (Å²) in [6.45, 7) is 7.75. The zero-order valence-electron chi connectivity index (χ0n) is 10.5. The van der Waals surface area contributed by atoms with Gasteiger partial charge in [-0.3, -0.25) is 4.79 Å². The van der Waals surface area contributed by atoms with Crippen LogP contribution in [0.4, 0.5) is 0 Å². The monoisotopic (exact) mass is 251 g/mol. The van der Waals surface area contributed by atoms with Crippen molar-refractivity contribution < 1.29 is 15.0 Å². The zero-order chi connectivity index (χ0) is 13.0. The van der Waals surface area contributed by atoms with Crippen LogP contribution >= 0.6 is 11.8 Å². The molecule has 0 aromatic heterocycles. The van der Waals surface area contributed by atoms with E-state index in [0.717, 1.165) is 0 Å². The maximum atomic E-state index is 11.4. The standard InChI is InChI=1S/C9H16ClNO.C2H6O2/c1-8(2)5-7(12)6-9(3,4)11(8)10;3-1-2-4/h5-6H2,1-4H3;3-4H,1-2H2. The molecule has 0 atom stereocenters. The van der Waals surface area contributed by atoms with Crippen molar-refractivity contribution in [2.24, 2.45) is 0 Å². The normalized spacial score (nSPS) is 23.6. The number of Topliss-reactive ketones (excluding diaryl/α,β-unsaturated/α-hetero) is 1. The first-order valence-electron chi connectivity index (χ1n) is 5.37. The molecule has 1 fully saturated rings. The zero-order valence-corrected chi connectivity index (χ0v) is 11.2. The van der Waals surface area contributed by atoms with E-state index in [-0.39, 0.29) is 24.3 Å². The van der Waals surface area contributed by atoms with E-state index < -0.39 is 0 Å². The fraction of sp³-hybridized carbons (Fsp3) is 0.909. The first kappa shape index (κ1) is 15.8. The smallest absolute Gasteiger partial charge is 0.136 e. The van der Waals surface area contributed by atoms with Gasteiger partial charge in [0.15, 0.2) is 0 Å². The molecule has 1 saturated heterocycles. The van der Waals surface area contributed by atoms with Gasteiger partial charge in [-0.25, -0.2) is 4.42 Å². The molecule has 2 N–H and O–H groups in total. The third-order valence-electron chi connectivity index (χ3n) is 2.42. The molecule has 1 rings (SSSR count). The Morgan fingerprint density at radius 1 is 1.12 bits per heavy atom. The van der Waals surface area contributed by atoms with Gasteiger partial charge in [0, 0.05) is 23.9 Å². The second kappa shape index (κ2) is 5.96. The summed E-state index contributed by atoms with van der Waals surface area (Å²) >= 11 is 6.15. The maximum absolute atomic E-state index is 11.4. The largest absolute Gasteiger partial charge is 0.394 e. The van der Waals surface area contributed by atoms with E-state index in [1.165, 1.54) is 0 Å². The number of aliphatic hydroxyl groups is 2. The number of rotatable bonds is 1. The third-order valence-corrected chi connectivity index (χ3v) is 3.34. The van der Waals surface area contributed by atoms with Crippen LogP contribution in [0.15, 0.2) is 0 Å². The number of carbonyl (C=O) groups excluding carboxylic acids is 1. The maximum Gasteiger partial charge on any atom is 0.136 e. The highest BCUT2D eigenvalue weighted by molar-refractivity contribution is 6.15. The third kappa shape index (κ3) is 4.37. The molecule has 1 aliphatic heterocycles. The van der Waals surface area contributed by atoms with E-state index >= 15 is 0 Å². The molecule has 0 amide bonds. The van der Waals surface area contributed by atoms with Crippen LogP contribution in [0.3, 0.4) is 0 Å². The van der Waals surface area contributed by atoms with Gasteiger partial charge in [-0.15, -0.1) is 0 Å². The first-order chi connectivity index (χ1) is 7.17. The Hall–Kier alpha value is -0.160. The Morgan fingerprint density at radius 2 is 1.44 bits per heavy atom. The fourth-order valence-corrected chi connectivity index (χ4v) is 2.11. The molecule has 0 radical (unpaired) electrons. The van der Waals surface area contributed by atoms with E-state index in [9.17, 15) is 4.79 Å². The summed E-state index contributed by atoms with van der Waals surface area (Å²) in [5, 5.41) is 15.2. The Balaban J connectivity index is 0.000000487. The SMILES string of the molecule is CC1(C)CC(=O)CC(C)(C)N1Cl.OCCO. The van der Waals surface area contributed by atoms with Crippen molar-refractivity contribution in [3.05, 3.63) is 0 Å². The van der Waals surface area contributed by atoms with Crippen LogP contribution < -0.4 is 0 Å². The molecule has 0 aromatic carbocycles. The number of nitrogens with zero attached hydrogens (tertiary/aromatic N) is 1. The molecule has 4 nitrogen and oxygen atoms in total.